The lowest BCUT2D eigenvalue weighted by Gasteiger charge is -2.11. The summed E-state index contributed by atoms with van der Waals surface area (Å²) in [4.78, 5) is 22.0. The zero-order chi connectivity index (χ0) is 13.0. The Kier molecular flexibility index (Phi) is 4.44. The largest absolute Gasteiger partial charge is 0.345 e. The Morgan fingerprint density at radius 2 is 1.94 bits per heavy atom. The summed E-state index contributed by atoms with van der Waals surface area (Å²) in [7, 11) is 0. The molecule has 3 nitrogen and oxygen atoms in total. The summed E-state index contributed by atoms with van der Waals surface area (Å²) in [5.41, 5.74) is 3.42. The van der Waals surface area contributed by atoms with Gasteiger partial charge in [0.15, 0.2) is 0 Å². The van der Waals surface area contributed by atoms with E-state index in [0.29, 0.717) is 12.5 Å². The van der Waals surface area contributed by atoms with E-state index in [1.54, 1.807) is 0 Å². The SMILES string of the molecule is CC(=O)C(=O)NCc1cc(C(C)C)ccc1C. The second-order valence-electron chi connectivity index (χ2n) is 4.58. The maximum Gasteiger partial charge on any atom is 0.287 e. The number of aryl methyl sites for hydroxylation is 1. The molecule has 1 aromatic rings. The number of Topliss-reactive ketones (excluding diaryl/α,β-unsaturated/α-hetero) is 1. The molecule has 0 bridgehead atoms. The van der Waals surface area contributed by atoms with Gasteiger partial charge in [-0.3, -0.25) is 9.59 Å². The molecular formula is C14H19NO2. The third kappa shape index (κ3) is 3.70. The van der Waals surface area contributed by atoms with Crippen LogP contribution in [0.5, 0.6) is 0 Å². The molecule has 0 unspecified atom stereocenters. The predicted molar refractivity (Wildman–Crippen MR) is 67.8 cm³/mol. The highest BCUT2D eigenvalue weighted by molar-refractivity contribution is 6.35. The van der Waals surface area contributed by atoms with Gasteiger partial charge in [-0.1, -0.05) is 32.0 Å². The van der Waals surface area contributed by atoms with E-state index in [1.807, 2.05) is 13.0 Å². The van der Waals surface area contributed by atoms with Gasteiger partial charge in [0, 0.05) is 13.5 Å². The molecule has 1 N–H and O–H groups in total. The molecule has 0 saturated heterocycles. The van der Waals surface area contributed by atoms with Crippen LogP contribution >= 0.6 is 0 Å². The molecule has 0 radical (unpaired) electrons. The molecule has 3 heteroatoms. The third-order valence-corrected chi connectivity index (χ3v) is 2.80. The van der Waals surface area contributed by atoms with E-state index in [9.17, 15) is 9.59 Å². The lowest BCUT2D eigenvalue weighted by molar-refractivity contribution is -0.136. The van der Waals surface area contributed by atoms with Crippen LogP contribution in [0.1, 0.15) is 43.4 Å². The van der Waals surface area contributed by atoms with Crippen molar-refractivity contribution < 1.29 is 9.59 Å². The van der Waals surface area contributed by atoms with Crippen molar-refractivity contribution in [2.75, 3.05) is 0 Å². The number of hydrogen-bond acceptors (Lipinski definition) is 2. The number of carbonyl (C=O) groups is 2. The normalized spacial score (nSPS) is 10.4. The minimum Gasteiger partial charge on any atom is -0.345 e. The van der Waals surface area contributed by atoms with Crippen LogP contribution in [0, 0.1) is 6.92 Å². The molecule has 1 amide bonds. The van der Waals surface area contributed by atoms with E-state index >= 15 is 0 Å². The topological polar surface area (TPSA) is 46.2 Å². The first-order valence-corrected chi connectivity index (χ1v) is 5.80. The fourth-order valence-corrected chi connectivity index (χ4v) is 1.54. The average molecular weight is 233 g/mol. The van der Waals surface area contributed by atoms with Crippen LogP contribution in [-0.2, 0) is 16.1 Å². The second-order valence-corrected chi connectivity index (χ2v) is 4.58. The van der Waals surface area contributed by atoms with Crippen molar-refractivity contribution in [2.24, 2.45) is 0 Å². The van der Waals surface area contributed by atoms with Crippen LogP contribution in [0.15, 0.2) is 18.2 Å². The van der Waals surface area contributed by atoms with Crippen molar-refractivity contribution in [1.82, 2.24) is 5.32 Å². The number of carbonyl (C=O) groups excluding carboxylic acids is 2. The predicted octanol–water partition coefficient (Wildman–Crippen LogP) is 2.32. The Morgan fingerprint density at radius 3 is 2.47 bits per heavy atom. The van der Waals surface area contributed by atoms with E-state index in [1.165, 1.54) is 12.5 Å². The minimum absolute atomic E-state index is 0.408. The number of benzene rings is 1. The summed E-state index contributed by atoms with van der Waals surface area (Å²) in [6.45, 7) is 7.93. The molecule has 0 atom stereocenters. The quantitative estimate of drug-likeness (QED) is 0.811. The smallest absolute Gasteiger partial charge is 0.287 e. The molecule has 0 aromatic heterocycles. The highest BCUT2D eigenvalue weighted by Crippen LogP contribution is 2.18. The van der Waals surface area contributed by atoms with E-state index in [4.69, 9.17) is 0 Å². The summed E-state index contributed by atoms with van der Waals surface area (Å²) in [5, 5.41) is 2.62. The van der Waals surface area contributed by atoms with Crippen molar-refractivity contribution in [3.05, 3.63) is 34.9 Å². The van der Waals surface area contributed by atoms with Gasteiger partial charge in [-0.05, 0) is 29.5 Å². The van der Waals surface area contributed by atoms with Gasteiger partial charge < -0.3 is 5.32 Å². The Morgan fingerprint density at radius 1 is 1.29 bits per heavy atom. The van der Waals surface area contributed by atoms with Crippen LogP contribution in [-0.4, -0.2) is 11.7 Å². The average Bonchev–Trinajstić information content (AvgIpc) is 2.26. The van der Waals surface area contributed by atoms with Gasteiger partial charge in [0.25, 0.3) is 5.91 Å². The van der Waals surface area contributed by atoms with Crippen molar-refractivity contribution >= 4 is 11.7 Å². The van der Waals surface area contributed by atoms with Gasteiger partial charge in [0.2, 0.25) is 5.78 Å². The molecule has 0 heterocycles. The number of amides is 1. The molecule has 0 aliphatic rings. The van der Waals surface area contributed by atoms with Crippen LogP contribution < -0.4 is 5.32 Å². The molecule has 0 aliphatic heterocycles. The van der Waals surface area contributed by atoms with E-state index in [-0.39, 0.29) is 0 Å². The molecular weight excluding hydrogens is 214 g/mol. The molecule has 1 rings (SSSR count). The maximum absolute atomic E-state index is 11.2. The summed E-state index contributed by atoms with van der Waals surface area (Å²) in [6.07, 6.45) is 0. The van der Waals surface area contributed by atoms with Gasteiger partial charge >= 0.3 is 0 Å². The Balaban J connectivity index is 2.80. The molecule has 0 spiro atoms. The lowest BCUT2D eigenvalue weighted by atomic mass is 9.98. The van der Waals surface area contributed by atoms with Crippen molar-refractivity contribution in [3.63, 3.8) is 0 Å². The summed E-state index contributed by atoms with van der Waals surface area (Å²) in [6, 6.07) is 6.22. The molecule has 1 aromatic carbocycles. The van der Waals surface area contributed by atoms with Crippen LogP contribution in [0.2, 0.25) is 0 Å². The second kappa shape index (κ2) is 5.62. The molecule has 0 saturated carbocycles. The first kappa shape index (κ1) is 13.4. The van der Waals surface area contributed by atoms with Gasteiger partial charge in [-0.2, -0.15) is 0 Å². The standard InChI is InChI=1S/C14H19NO2/c1-9(2)12-6-5-10(3)13(7-12)8-15-14(17)11(4)16/h5-7,9H,8H2,1-4H3,(H,15,17). The molecule has 0 aliphatic carbocycles. The van der Waals surface area contributed by atoms with Crippen molar-refractivity contribution in [2.45, 2.75) is 40.2 Å². The van der Waals surface area contributed by atoms with Crippen LogP contribution in [0.3, 0.4) is 0 Å². The fraction of sp³-hybridized carbons (Fsp3) is 0.429. The number of hydrogen-bond donors (Lipinski definition) is 1. The summed E-state index contributed by atoms with van der Waals surface area (Å²) >= 11 is 0. The minimum atomic E-state index is -0.528. The Bertz CT molecular complexity index is 436. The van der Waals surface area contributed by atoms with E-state index < -0.39 is 11.7 Å². The highest BCUT2D eigenvalue weighted by Gasteiger charge is 2.08. The maximum atomic E-state index is 11.2. The molecule has 92 valence electrons. The first-order chi connectivity index (χ1) is 7.91. The van der Waals surface area contributed by atoms with E-state index in [0.717, 1.165) is 11.1 Å². The van der Waals surface area contributed by atoms with Gasteiger partial charge in [0.05, 0.1) is 0 Å². The third-order valence-electron chi connectivity index (χ3n) is 2.80. The first-order valence-electron chi connectivity index (χ1n) is 5.80. The zero-order valence-electron chi connectivity index (χ0n) is 10.8. The van der Waals surface area contributed by atoms with Gasteiger partial charge in [-0.15, -0.1) is 0 Å². The lowest BCUT2D eigenvalue weighted by Crippen LogP contribution is -2.28. The number of rotatable bonds is 4. The fourth-order valence-electron chi connectivity index (χ4n) is 1.54. The summed E-state index contributed by atoms with van der Waals surface area (Å²) < 4.78 is 0. The number of nitrogens with one attached hydrogen (secondary N) is 1. The Labute approximate surface area is 102 Å². The zero-order valence-corrected chi connectivity index (χ0v) is 10.8. The highest BCUT2D eigenvalue weighted by atomic mass is 16.2. The monoisotopic (exact) mass is 233 g/mol. The number of ketones is 1. The molecule has 0 fully saturated rings. The van der Waals surface area contributed by atoms with Crippen molar-refractivity contribution in [1.29, 1.82) is 0 Å². The van der Waals surface area contributed by atoms with Gasteiger partial charge in [0.1, 0.15) is 0 Å². The van der Waals surface area contributed by atoms with Crippen LogP contribution in [0.4, 0.5) is 0 Å². The summed E-state index contributed by atoms with van der Waals surface area (Å²) in [5.74, 6) is -0.528. The van der Waals surface area contributed by atoms with Crippen LogP contribution in [0.25, 0.3) is 0 Å². The van der Waals surface area contributed by atoms with Gasteiger partial charge in [-0.25, -0.2) is 0 Å². The van der Waals surface area contributed by atoms with E-state index in [2.05, 4.69) is 31.3 Å². The molecule has 17 heavy (non-hydrogen) atoms. The van der Waals surface area contributed by atoms with Crippen molar-refractivity contribution in [3.8, 4) is 0 Å². The Hall–Kier alpha value is -1.64.